The van der Waals surface area contributed by atoms with Crippen LogP contribution in [-0.2, 0) is 16.6 Å². The molecule has 1 rings (SSSR count). The molecule has 4 nitrogen and oxygen atoms in total. The highest BCUT2D eigenvalue weighted by atomic mass is 79.9. The van der Waals surface area contributed by atoms with E-state index >= 15 is 0 Å². The average Bonchev–Trinajstić information content (AvgIpc) is 2.40. The van der Waals surface area contributed by atoms with Crippen molar-refractivity contribution in [2.75, 3.05) is 19.1 Å². The van der Waals surface area contributed by atoms with Crippen molar-refractivity contribution in [2.45, 2.75) is 37.8 Å². The molecule has 0 amide bonds. The fraction of sp³-hybridized carbons (Fsp3) is 0.571. The lowest BCUT2D eigenvalue weighted by Crippen LogP contribution is -2.33. The second-order valence-electron chi connectivity index (χ2n) is 5.03. The summed E-state index contributed by atoms with van der Waals surface area (Å²) in [4.78, 5) is 0.345. The summed E-state index contributed by atoms with van der Waals surface area (Å²) in [5.74, 6) is 0.937. The number of hydrogen-bond acceptors (Lipinski definition) is 4. The minimum absolute atomic E-state index is 0.0754. The van der Waals surface area contributed by atoms with Crippen molar-refractivity contribution in [3.8, 4) is 0 Å². The molecular formula is C14H23BrN2O2S2. The molecule has 21 heavy (non-hydrogen) atoms. The van der Waals surface area contributed by atoms with Crippen LogP contribution in [-0.4, -0.2) is 33.5 Å². The van der Waals surface area contributed by atoms with Gasteiger partial charge in [-0.2, -0.15) is 11.8 Å². The minimum atomic E-state index is -3.50. The van der Waals surface area contributed by atoms with Gasteiger partial charge < -0.3 is 5.32 Å². The van der Waals surface area contributed by atoms with E-state index in [2.05, 4.69) is 26.0 Å². The Hall–Kier alpha value is -0.0800. The molecule has 0 saturated carbocycles. The van der Waals surface area contributed by atoms with Crippen LogP contribution in [0.15, 0.2) is 21.5 Å². The highest BCUT2D eigenvalue weighted by molar-refractivity contribution is 9.10. The zero-order valence-electron chi connectivity index (χ0n) is 12.9. The van der Waals surface area contributed by atoms with Gasteiger partial charge in [0.25, 0.3) is 0 Å². The number of sulfonamides is 1. The lowest BCUT2D eigenvalue weighted by molar-refractivity contribution is 0.556. The molecule has 0 aliphatic heterocycles. The summed E-state index contributed by atoms with van der Waals surface area (Å²) in [6.45, 7) is 4.34. The standard InChI is InChI=1S/C14H23BrN2O2S2/c1-10(5-6-20-4)17-21(18,19)14-8-12(9-16-3)7-13(15)11(14)2/h7-8,10,16-17H,5-6,9H2,1-4H3. The normalized spacial score (nSPS) is 13.4. The number of nitrogens with one attached hydrogen (secondary N) is 2. The van der Waals surface area contributed by atoms with E-state index in [-0.39, 0.29) is 6.04 Å². The van der Waals surface area contributed by atoms with Crippen molar-refractivity contribution in [1.29, 1.82) is 0 Å². The molecule has 0 heterocycles. The van der Waals surface area contributed by atoms with E-state index in [0.29, 0.717) is 11.4 Å². The predicted molar refractivity (Wildman–Crippen MR) is 94.4 cm³/mol. The maximum atomic E-state index is 12.6. The predicted octanol–water partition coefficient (Wildman–Crippen LogP) is 2.90. The third-order valence-electron chi connectivity index (χ3n) is 3.14. The summed E-state index contributed by atoms with van der Waals surface area (Å²) in [5.41, 5.74) is 1.67. The molecule has 1 aromatic rings. The first kappa shape index (κ1) is 19.0. The van der Waals surface area contributed by atoms with Gasteiger partial charge in [-0.3, -0.25) is 0 Å². The lowest BCUT2D eigenvalue weighted by atomic mass is 10.1. The van der Waals surface area contributed by atoms with E-state index < -0.39 is 10.0 Å². The van der Waals surface area contributed by atoms with Gasteiger partial charge in [0.1, 0.15) is 0 Å². The molecule has 1 aromatic carbocycles. The molecule has 0 radical (unpaired) electrons. The fourth-order valence-electron chi connectivity index (χ4n) is 1.97. The largest absolute Gasteiger partial charge is 0.316 e. The molecule has 120 valence electrons. The third-order valence-corrected chi connectivity index (χ3v) is 6.32. The fourth-order valence-corrected chi connectivity index (χ4v) is 4.80. The molecule has 0 spiro atoms. The van der Waals surface area contributed by atoms with Gasteiger partial charge in [-0.1, -0.05) is 15.9 Å². The summed E-state index contributed by atoms with van der Waals surface area (Å²) < 4.78 is 28.7. The Kier molecular flexibility index (Phi) is 7.70. The van der Waals surface area contributed by atoms with Crippen molar-refractivity contribution in [3.63, 3.8) is 0 Å². The Morgan fingerprint density at radius 3 is 2.62 bits per heavy atom. The van der Waals surface area contributed by atoms with Crippen LogP contribution in [0.25, 0.3) is 0 Å². The molecule has 1 atom stereocenters. The Bertz CT molecular complexity index is 577. The van der Waals surface area contributed by atoms with E-state index in [4.69, 9.17) is 0 Å². The van der Waals surface area contributed by atoms with Crippen LogP contribution < -0.4 is 10.0 Å². The molecule has 0 bridgehead atoms. The zero-order chi connectivity index (χ0) is 16.0. The molecule has 0 aliphatic carbocycles. The zero-order valence-corrected chi connectivity index (χ0v) is 16.1. The third kappa shape index (κ3) is 5.56. The number of thioether (sulfide) groups is 1. The van der Waals surface area contributed by atoms with Crippen LogP contribution in [0.5, 0.6) is 0 Å². The quantitative estimate of drug-likeness (QED) is 0.711. The van der Waals surface area contributed by atoms with Crippen LogP contribution in [0.2, 0.25) is 0 Å². The maximum Gasteiger partial charge on any atom is 0.241 e. The van der Waals surface area contributed by atoms with Crippen molar-refractivity contribution in [1.82, 2.24) is 10.0 Å². The van der Waals surface area contributed by atoms with Gasteiger partial charge >= 0.3 is 0 Å². The van der Waals surface area contributed by atoms with Crippen LogP contribution in [0.1, 0.15) is 24.5 Å². The van der Waals surface area contributed by atoms with Crippen LogP contribution in [0, 0.1) is 6.92 Å². The van der Waals surface area contributed by atoms with Gasteiger partial charge in [0.2, 0.25) is 10.0 Å². The van der Waals surface area contributed by atoms with E-state index in [9.17, 15) is 8.42 Å². The van der Waals surface area contributed by atoms with E-state index in [1.165, 1.54) is 0 Å². The first-order valence-electron chi connectivity index (χ1n) is 6.76. The van der Waals surface area contributed by atoms with Crippen LogP contribution in [0.3, 0.4) is 0 Å². The molecule has 7 heteroatoms. The summed E-state index contributed by atoms with van der Waals surface area (Å²) in [7, 11) is -1.66. The minimum Gasteiger partial charge on any atom is -0.316 e. The Labute approximate surface area is 140 Å². The topological polar surface area (TPSA) is 58.2 Å². The van der Waals surface area contributed by atoms with E-state index in [0.717, 1.165) is 27.8 Å². The number of benzene rings is 1. The molecule has 2 N–H and O–H groups in total. The molecule has 0 aromatic heterocycles. The smallest absolute Gasteiger partial charge is 0.241 e. The average molecular weight is 395 g/mol. The number of hydrogen-bond donors (Lipinski definition) is 2. The summed E-state index contributed by atoms with van der Waals surface area (Å²) in [5, 5.41) is 3.04. The monoisotopic (exact) mass is 394 g/mol. The van der Waals surface area contributed by atoms with Crippen molar-refractivity contribution < 1.29 is 8.42 Å². The van der Waals surface area contributed by atoms with Gasteiger partial charge in [0.15, 0.2) is 0 Å². The number of rotatable bonds is 8. The van der Waals surface area contributed by atoms with Gasteiger partial charge in [0, 0.05) is 17.1 Å². The Balaban J connectivity index is 3.06. The molecule has 0 fully saturated rings. The van der Waals surface area contributed by atoms with E-state index in [1.54, 1.807) is 17.8 Å². The summed E-state index contributed by atoms with van der Waals surface area (Å²) in [6, 6.07) is 3.61. The Morgan fingerprint density at radius 1 is 1.38 bits per heavy atom. The first-order valence-corrected chi connectivity index (χ1v) is 10.4. The van der Waals surface area contributed by atoms with Crippen LogP contribution in [0.4, 0.5) is 0 Å². The second kappa shape index (κ2) is 8.53. The first-order chi connectivity index (χ1) is 9.81. The maximum absolute atomic E-state index is 12.6. The van der Waals surface area contributed by atoms with Gasteiger partial charge in [-0.25, -0.2) is 13.1 Å². The molecule has 0 aliphatic rings. The van der Waals surface area contributed by atoms with Crippen LogP contribution >= 0.6 is 27.7 Å². The van der Waals surface area contributed by atoms with Gasteiger partial charge in [-0.15, -0.1) is 0 Å². The lowest BCUT2D eigenvalue weighted by Gasteiger charge is -2.16. The molecule has 0 saturated heterocycles. The second-order valence-corrected chi connectivity index (χ2v) is 8.56. The van der Waals surface area contributed by atoms with Gasteiger partial charge in [-0.05, 0) is 62.6 Å². The van der Waals surface area contributed by atoms with E-state index in [1.807, 2.05) is 33.2 Å². The highest BCUT2D eigenvalue weighted by Gasteiger charge is 2.21. The molecular weight excluding hydrogens is 372 g/mol. The molecule has 1 unspecified atom stereocenters. The van der Waals surface area contributed by atoms with Gasteiger partial charge in [0.05, 0.1) is 4.90 Å². The van der Waals surface area contributed by atoms with Crippen molar-refractivity contribution in [2.24, 2.45) is 0 Å². The summed E-state index contributed by atoms with van der Waals surface area (Å²) in [6.07, 6.45) is 2.83. The van der Waals surface area contributed by atoms with Crippen molar-refractivity contribution in [3.05, 3.63) is 27.7 Å². The summed E-state index contributed by atoms with van der Waals surface area (Å²) >= 11 is 5.16. The SMILES string of the molecule is CNCc1cc(Br)c(C)c(S(=O)(=O)NC(C)CCSC)c1. The Morgan fingerprint density at radius 2 is 2.05 bits per heavy atom. The highest BCUT2D eigenvalue weighted by Crippen LogP contribution is 2.26. The van der Waals surface area contributed by atoms with Crippen molar-refractivity contribution >= 4 is 37.7 Å². The number of halogens is 1.